The van der Waals surface area contributed by atoms with Gasteiger partial charge in [-0.05, 0) is 26.0 Å². The van der Waals surface area contributed by atoms with E-state index in [1.807, 2.05) is 47.5 Å². The molecule has 0 N–H and O–H groups in total. The fourth-order valence-corrected chi connectivity index (χ4v) is 2.37. The van der Waals surface area contributed by atoms with Gasteiger partial charge in [-0.2, -0.15) is 0 Å². The fraction of sp³-hybridized carbons (Fsp3) is 0.154. The van der Waals surface area contributed by atoms with Crippen molar-refractivity contribution in [3.05, 3.63) is 53.0 Å². The Morgan fingerprint density at radius 1 is 0.895 bits per heavy atom. The highest BCUT2D eigenvalue weighted by molar-refractivity contribution is 9.10. The number of rotatable bonds is 2. The molecule has 3 heterocycles. The van der Waals surface area contributed by atoms with Gasteiger partial charge in [0, 0.05) is 29.3 Å². The highest BCUT2D eigenvalue weighted by Crippen LogP contribution is 2.19. The van der Waals surface area contributed by atoms with Gasteiger partial charge in [-0.1, -0.05) is 15.9 Å². The van der Waals surface area contributed by atoms with Gasteiger partial charge in [0.25, 0.3) is 0 Å². The van der Waals surface area contributed by atoms with E-state index in [9.17, 15) is 0 Å². The summed E-state index contributed by atoms with van der Waals surface area (Å²) in [5, 5.41) is 0. The average Bonchev–Trinajstić information content (AvgIpc) is 2.97. The van der Waals surface area contributed by atoms with Crippen molar-refractivity contribution in [1.29, 1.82) is 0 Å². The summed E-state index contributed by atoms with van der Waals surface area (Å²) >= 11 is 3.53. The summed E-state index contributed by atoms with van der Waals surface area (Å²) in [5.74, 6) is 3.46. The lowest BCUT2D eigenvalue weighted by atomic mass is 10.4. The van der Waals surface area contributed by atoms with E-state index in [0.717, 1.165) is 27.8 Å². The van der Waals surface area contributed by atoms with Gasteiger partial charge in [-0.25, -0.2) is 15.0 Å². The smallest absolute Gasteiger partial charge is 0.141 e. The number of pyridine rings is 1. The van der Waals surface area contributed by atoms with Crippen molar-refractivity contribution in [3.8, 4) is 11.6 Å². The van der Waals surface area contributed by atoms with Crippen molar-refractivity contribution in [2.45, 2.75) is 13.8 Å². The molecule has 0 aromatic carbocycles. The standard InChI is InChI=1S/C13H12BrN5/c1-9-15-3-5-18(9)12-7-11(14)8-13(17-12)19-6-4-16-10(19)2/h3-8H,1-2H3. The van der Waals surface area contributed by atoms with E-state index in [-0.39, 0.29) is 0 Å². The van der Waals surface area contributed by atoms with Crippen molar-refractivity contribution in [2.24, 2.45) is 0 Å². The van der Waals surface area contributed by atoms with Crippen molar-refractivity contribution in [2.75, 3.05) is 0 Å². The van der Waals surface area contributed by atoms with E-state index < -0.39 is 0 Å². The van der Waals surface area contributed by atoms with Crippen LogP contribution in [-0.4, -0.2) is 24.1 Å². The van der Waals surface area contributed by atoms with Crippen LogP contribution < -0.4 is 0 Å². The molecule has 0 amide bonds. The number of nitrogens with zero attached hydrogens (tertiary/aromatic N) is 5. The van der Waals surface area contributed by atoms with Gasteiger partial charge in [0.1, 0.15) is 23.3 Å². The number of aryl methyl sites for hydroxylation is 2. The lowest BCUT2D eigenvalue weighted by Gasteiger charge is -2.09. The Hall–Kier alpha value is -1.95. The van der Waals surface area contributed by atoms with Gasteiger partial charge in [0.15, 0.2) is 0 Å². The zero-order chi connectivity index (χ0) is 13.4. The van der Waals surface area contributed by atoms with Crippen LogP contribution in [0.5, 0.6) is 0 Å². The molecule has 96 valence electrons. The zero-order valence-electron chi connectivity index (χ0n) is 10.6. The molecule has 19 heavy (non-hydrogen) atoms. The van der Waals surface area contributed by atoms with Crippen molar-refractivity contribution >= 4 is 15.9 Å². The second-order valence-electron chi connectivity index (χ2n) is 4.19. The largest absolute Gasteiger partial charge is 0.288 e. The van der Waals surface area contributed by atoms with Crippen molar-refractivity contribution in [3.63, 3.8) is 0 Å². The van der Waals surface area contributed by atoms with Crippen LogP contribution in [0.1, 0.15) is 11.6 Å². The van der Waals surface area contributed by atoms with E-state index in [4.69, 9.17) is 0 Å². The zero-order valence-corrected chi connectivity index (χ0v) is 12.2. The van der Waals surface area contributed by atoms with Gasteiger partial charge < -0.3 is 0 Å². The third kappa shape index (κ3) is 2.19. The van der Waals surface area contributed by atoms with Crippen LogP contribution in [0.15, 0.2) is 41.4 Å². The van der Waals surface area contributed by atoms with Crippen LogP contribution in [0.25, 0.3) is 11.6 Å². The van der Waals surface area contributed by atoms with Gasteiger partial charge >= 0.3 is 0 Å². The lowest BCUT2D eigenvalue weighted by Crippen LogP contribution is -2.04. The Balaban J connectivity index is 2.17. The topological polar surface area (TPSA) is 48.5 Å². The summed E-state index contributed by atoms with van der Waals surface area (Å²) in [6, 6.07) is 3.93. The molecule has 0 unspecified atom stereocenters. The molecule has 3 rings (SSSR count). The summed E-state index contributed by atoms with van der Waals surface area (Å²) in [5.41, 5.74) is 0. The molecule has 0 aliphatic carbocycles. The minimum absolute atomic E-state index is 0.826. The molecule has 0 radical (unpaired) electrons. The second kappa shape index (κ2) is 4.62. The van der Waals surface area contributed by atoms with Crippen LogP contribution in [0, 0.1) is 13.8 Å². The van der Waals surface area contributed by atoms with Gasteiger partial charge in [0.2, 0.25) is 0 Å². The number of hydrogen-bond acceptors (Lipinski definition) is 3. The van der Waals surface area contributed by atoms with Crippen LogP contribution in [0.3, 0.4) is 0 Å². The van der Waals surface area contributed by atoms with Crippen LogP contribution in [0.2, 0.25) is 0 Å². The van der Waals surface area contributed by atoms with Gasteiger partial charge in [0.05, 0.1) is 0 Å². The summed E-state index contributed by atoms with van der Waals surface area (Å²) in [6.07, 6.45) is 7.32. The van der Waals surface area contributed by atoms with Gasteiger partial charge in [-0.3, -0.25) is 9.13 Å². The third-order valence-corrected chi connectivity index (χ3v) is 3.37. The maximum absolute atomic E-state index is 4.66. The summed E-state index contributed by atoms with van der Waals surface area (Å²) < 4.78 is 4.86. The maximum atomic E-state index is 4.66. The van der Waals surface area contributed by atoms with E-state index in [2.05, 4.69) is 30.9 Å². The molecule has 5 nitrogen and oxygen atoms in total. The molecule has 0 fully saturated rings. The average molecular weight is 318 g/mol. The van der Waals surface area contributed by atoms with Crippen LogP contribution in [-0.2, 0) is 0 Å². The lowest BCUT2D eigenvalue weighted by molar-refractivity contribution is 0.882. The first-order valence-electron chi connectivity index (χ1n) is 5.83. The summed E-state index contributed by atoms with van der Waals surface area (Å²) in [4.78, 5) is 13.1. The molecule has 0 saturated carbocycles. The van der Waals surface area contributed by atoms with Crippen molar-refractivity contribution in [1.82, 2.24) is 24.1 Å². The molecule has 6 heteroatoms. The Kier molecular flexibility index (Phi) is 2.94. The first-order valence-corrected chi connectivity index (χ1v) is 6.62. The minimum Gasteiger partial charge on any atom is -0.288 e. The first kappa shape index (κ1) is 12.1. The normalized spacial score (nSPS) is 10.9. The molecule has 0 atom stereocenters. The number of aromatic nitrogens is 5. The Morgan fingerprint density at radius 3 is 1.74 bits per heavy atom. The molecular weight excluding hydrogens is 306 g/mol. The molecular formula is C13H12BrN5. The molecule has 0 aliphatic heterocycles. The highest BCUT2D eigenvalue weighted by Gasteiger charge is 2.08. The quantitative estimate of drug-likeness (QED) is 0.730. The van der Waals surface area contributed by atoms with Gasteiger partial charge in [-0.15, -0.1) is 0 Å². The highest BCUT2D eigenvalue weighted by atomic mass is 79.9. The molecule has 3 aromatic heterocycles. The molecule has 0 saturated heterocycles. The van der Waals surface area contributed by atoms with E-state index in [1.165, 1.54) is 0 Å². The number of imidazole rings is 2. The summed E-state index contributed by atoms with van der Waals surface area (Å²) in [6.45, 7) is 3.90. The fourth-order valence-electron chi connectivity index (χ4n) is 1.96. The third-order valence-electron chi connectivity index (χ3n) is 2.91. The Bertz CT molecular complexity index is 670. The predicted octanol–water partition coefficient (Wildman–Crippen LogP) is 2.83. The molecule has 0 aliphatic rings. The van der Waals surface area contributed by atoms with E-state index in [1.54, 1.807) is 12.4 Å². The van der Waals surface area contributed by atoms with E-state index >= 15 is 0 Å². The van der Waals surface area contributed by atoms with Crippen LogP contribution in [0.4, 0.5) is 0 Å². The molecule has 0 spiro atoms. The number of halogens is 1. The monoisotopic (exact) mass is 317 g/mol. The first-order chi connectivity index (χ1) is 9.15. The Morgan fingerprint density at radius 2 is 1.37 bits per heavy atom. The number of hydrogen-bond donors (Lipinski definition) is 0. The minimum atomic E-state index is 0.826. The van der Waals surface area contributed by atoms with E-state index in [0.29, 0.717) is 0 Å². The summed E-state index contributed by atoms with van der Waals surface area (Å²) in [7, 11) is 0. The predicted molar refractivity (Wildman–Crippen MR) is 75.7 cm³/mol. The van der Waals surface area contributed by atoms with Crippen LogP contribution >= 0.6 is 15.9 Å². The SMILES string of the molecule is Cc1nccn1-c1cc(Br)cc(-n2ccnc2C)n1. The molecule has 3 aromatic rings. The Labute approximate surface area is 119 Å². The maximum Gasteiger partial charge on any atom is 0.141 e. The second-order valence-corrected chi connectivity index (χ2v) is 5.11. The molecule has 0 bridgehead atoms. The van der Waals surface area contributed by atoms with Crippen molar-refractivity contribution < 1.29 is 0 Å².